The number of rotatable bonds is 17. The number of nitrogens with two attached hydrogens (primary N) is 1. The van der Waals surface area contributed by atoms with E-state index in [1.54, 1.807) is 12.1 Å². The molecule has 0 fully saturated rings. The summed E-state index contributed by atoms with van der Waals surface area (Å²) in [5.41, 5.74) is 0.719. The van der Waals surface area contributed by atoms with Crippen molar-refractivity contribution in [2.75, 3.05) is 18.4 Å². The lowest BCUT2D eigenvalue weighted by atomic mass is 10.1. The van der Waals surface area contributed by atoms with Crippen LogP contribution in [0.1, 0.15) is 63.0 Å². The lowest BCUT2D eigenvalue weighted by Crippen LogP contribution is -2.29. The van der Waals surface area contributed by atoms with Crippen molar-refractivity contribution in [3.05, 3.63) is 60.7 Å². The highest BCUT2D eigenvalue weighted by Crippen LogP contribution is 2.14. The van der Waals surface area contributed by atoms with E-state index in [9.17, 15) is 8.42 Å². The maximum absolute atomic E-state index is 11.3. The molecule has 0 aliphatic rings. The van der Waals surface area contributed by atoms with Crippen LogP contribution < -0.4 is 15.8 Å². The van der Waals surface area contributed by atoms with Crippen molar-refractivity contribution in [1.82, 2.24) is 29.3 Å². The van der Waals surface area contributed by atoms with Crippen LogP contribution in [0, 0.1) is 0 Å². The fourth-order valence-corrected chi connectivity index (χ4v) is 5.07. The Morgan fingerprint density at radius 1 is 0.872 bits per heavy atom. The smallest absolute Gasteiger partial charge is 0.238 e. The van der Waals surface area contributed by atoms with Crippen LogP contribution in [0.3, 0.4) is 0 Å². The van der Waals surface area contributed by atoms with Crippen molar-refractivity contribution in [3.8, 4) is 0 Å². The number of aromatic nitrogens is 4. The van der Waals surface area contributed by atoms with Gasteiger partial charge in [-0.1, -0.05) is 38.5 Å². The normalized spacial score (nSPS) is 11.7. The summed E-state index contributed by atoms with van der Waals surface area (Å²) in [4.78, 5) is 11.5. The summed E-state index contributed by atoms with van der Waals surface area (Å²) in [6, 6.07) is 6.21. The van der Waals surface area contributed by atoms with Gasteiger partial charge in [0.1, 0.15) is 11.6 Å². The fraction of sp³-hybridized carbons (Fsp3) is 0.519. The van der Waals surface area contributed by atoms with E-state index in [1.807, 2.05) is 38.9 Å². The van der Waals surface area contributed by atoms with Crippen LogP contribution in [-0.2, 0) is 37.2 Å². The highest BCUT2D eigenvalue weighted by molar-refractivity contribution is 7.89. The van der Waals surface area contributed by atoms with Crippen LogP contribution in [-0.4, -0.2) is 50.6 Å². The minimum absolute atomic E-state index is 0.0787. The number of anilines is 1. The van der Waals surface area contributed by atoms with Gasteiger partial charge in [0.25, 0.3) is 0 Å². The number of imidazole rings is 2. The van der Waals surface area contributed by atoms with Crippen molar-refractivity contribution in [1.29, 1.82) is 0 Å². The standard InChI is InChI=1S/C27H42N8O2S2/c1-33-19-16-29-25(33)21-35(22-26-30-17-20-34(26)2)18-10-8-6-4-3-5-7-9-15-31-27(38)32-23-11-13-24(14-12-23)39(28,36)37/h11-14,16-17,19-20H,3-10,15,18,21-22H2,1-2H3,(H2,28,36,37)(H2,31,32,38). The van der Waals surface area contributed by atoms with Gasteiger partial charge in [-0.15, -0.1) is 0 Å². The van der Waals surface area contributed by atoms with Gasteiger partial charge in [0, 0.05) is 51.1 Å². The summed E-state index contributed by atoms with van der Waals surface area (Å²) < 4.78 is 26.8. The highest BCUT2D eigenvalue weighted by Gasteiger charge is 2.12. The zero-order valence-corrected chi connectivity index (χ0v) is 24.7. The summed E-state index contributed by atoms with van der Waals surface area (Å²) in [7, 11) is 0.401. The van der Waals surface area contributed by atoms with E-state index >= 15 is 0 Å². The Morgan fingerprint density at radius 2 is 1.38 bits per heavy atom. The first-order valence-electron chi connectivity index (χ1n) is 13.5. The van der Waals surface area contributed by atoms with Crippen LogP contribution in [0.2, 0.25) is 0 Å². The molecule has 0 radical (unpaired) electrons. The summed E-state index contributed by atoms with van der Waals surface area (Å²) in [6.07, 6.45) is 17.3. The number of primary sulfonamides is 1. The number of sulfonamides is 1. The zero-order valence-electron chi connectivity index (χ0n) is 23.1. The van der Waals surface area contributed by atoms with E-state index in [0.29, 0.717) is 5.11 Å². The summed E-state index contributed by atoms with van der Waals surface area (Å²) >= 11 is 5.32. The van der Waals surface area contributed by atoms with E-state index in [4.69, 9.17) is 17.4 Å². The van der Waals surface area contributed by atoms with Crippen LogP contribution in [0.4, 0.5) is 5.69 Å². The third-order valence-corrected chi connectivity index (χ3v) is 7.88. The first-order valence-corrected chi connectivity index (χ1v) is 15.5. The van der Waals surface area contributed by atoms with Crippen molar-refractivity contribution < 1.29 is 8.42 Å². The van der Waals surface area contributed by atoms with Gasteiger partial charge in [-0.05, 0) is 55.9 Å². The molecule has 214 valence electrons. The zero-order chi connectivity index (χ0) is 28.1. The van der Waals surface area contributed by atoms with E-state index < -0.39 is 10.0 Å². The fourth-order valence-electron chi connectivity index (χ4n) is 4.34. The number of benzene rings is 1. The molecule has 0 unspecified atom stereocenters. The Balaban J connectivity index is 1.22. The predicted molar refractivity (Wildman–Crippen MR) is 160 cm³/mol. The molecule has 0 atom stereocenters. The number of aryl methyl sites for hydroxylation is 2. The lowest BCUT2D eigenvalue weighted by Gasteiger charge is -2.21. The van der Waals surface area contributed by atoms with Gasteiger partial charge in [-0.3, -0.25) is 4.90 Å². The molecule has 0 aliphatic carbocycles. The van der Waals surface area contributed by atoms with Crippen LogP contribution in [0.25, 0.3) is 0 Å². The minimum atomic E-state index is -3.69. The highest BCUT2D eigenvalue weighted by atomic mass is 32.2. The molecular weight excluding hydrogens is 532 g/mol. The average Bonchev–Trinajstić information content (AvgIpc) is 3.49. The molecule has 0 saturated heterocycles. The van der Waals surface area contributed by atoms with Crippen LogP contribution in [0.5, 0.6) is 0 Å². The largest absolute Gasteiger partial charge is 0.362 e. The summed E-state index contributed by atoms with van der Waals surface area (Å²) in [5.74, 6) is 2.16. The maximum Gasteiger partial charge on any atom is 0.238 e. The maximum atomic E-state index is 11.3. The quantitative estimate of drug-likeness (QED) is 0.164. The lowest BCUT2D eigenvalue weighted by molar-refractivity contribution is 0.233. The van der Waals surface area contributed by atoms with Crippen molar-refractivity contribution >= 4 is 33.0 Å². The number of thiocarbonyl (C=S) groups is 1. The molecule has 3 rings (SSSR count). The van der Waals surface area contributed by atoms with Gasteiger partial charge in [0.15, 0.2) is 5.11 Å². The van der Waals surface area contributed by atoms with Crippen molar-refractivity contribution in [3.63, 3.8) is 0 Å². The Kier molecular flexibility index (Phi) is 12.4. The Bertz CT molecular complexity index is 1210. The molecule has 10 nitrogen and oxygen atoms in total. The van der Waals surface area contributed by atoms with Crippen molar-refractivity contribution in [2.24, 2.45) is 19.2 Å². The van der Waals surface area contributed by atoms with Crippen LogP contribution in [0.15, 0.2) is 53.9 Å². The van der Waals surface area contributed by atoms with Gasteiger partial charge in [-0.25, -0.2) is 23.5 Å². The number of unbranched alkanes of at least 4 members (excludes halogenated alkanes) is 7. The van der Waals surface area contributed by atoms with E-state index in [2.05, 4.69) is 34.6 Å². The third-order valence-electron chi connectivity index (χ3n) is 6.70. The molecule has 0 spiro atoms. The van der Waals surface area contributed by atoms with Gasteiger partial charge >= 0.3 is 0 Å². The second-order valence-corrected chi connectivity index (χ2v) is 11.9. The SMILES string of the molecule is Cn1ccnc1CN(CCCCCCCCCCNC(=S)Nc1ccc(S(N)(=O)=O)cc1)Cc1nccn1C. The summed E-state index contributed by atoms with van der Waals surface area (Å²) in [5, 5.41) is 11.9. The number of hydrogen-bond acceptors (Lipinski definition) is 6. The molecule has 3 aromatic rings. The summed E-state index contributed by atoms with van der Waals surface area (Å²) in [6.45, 7) is 3.50. The first-order chi connectivity index (χ1) is 18.7. The second kappa shape index (κ2) is 15.7. The van der Waals surface area contributed by atoms with Crippen LogP contribution >= 0.6 is 12.2 Å². The molecule has 2 heterocycles. The number of nitrogens with zero attached hydrogens (tertiary/aromatic N) is 5. The van der Waals surface area contributed by atoms with E-state index in [1.165, 1.54) is 57.1 Å². The molecule has 39 heavy (non-hydrogen) atoms. The van der Waals surface area contributed by atoms with Crippen molar-refractivity contribution in [2.45, 2.75) is 69.4 Å². The van der Waals surface area contributed by atoms with Gasteiger partial charge < -0.3 is 19.8 Å². The van der Waals surface area contributed by atoms with E-state index in [0.717, 1.165) is 49.9 Å². The third kappa shape index (κ3) is 11.1. The minimum Gasteiger partial charge on any atom is -0.362 e. The van der Waals surface area contributed by atoms with Gasteiger partial charge in [0.05, 0.1) is 18.0 Å². The Hall–Kier alpha value is -2.80. The Morgan fingerprint density at radius 3 is 1.87 bits per heavy atom. The monoisotopic (exact) mass is 574 g/mol. The number of hydrogen-bond donors (Lipinski definition) is 3. The molecule has 0 bridgehead atoms. The second-order valence-electron chi connectivity index (χ2n) is 9.90. The molecule has 1 aromatic carbocycles. The molecule has 0 amide bonds. The first kappa shape index (κ1) is 30.7. The molecule has 2 aromatic heterocycles. The molecule has 4 N–H and O–H groups in total. The van der Waals surface area contributed by atoms with E-state index in [-0.39, 0.29) is 4.90 Å². The topological polar surface area (TPSA) is 123 Å². The van der Waals surface area contributed by atoms with Gasteiger partial charge in [0.2, 0.25) is 10.0 Å². The molecule has 12 heteroatoms. The molecular formula is C27H42N8O2S2. The van der Waals surface area contributed by atoms with Gasteiger partial charge in [-0.2, -0.15) is 0 Å². The predicted octanol–water partition coefficient (Wildman–Crippen LogP) is 3.91. The number of nitrogens with one attached hydrogen (secondary N) is 2. The molecule has 0 aliphatic heterocycles. The average molecular weight is 575 g/mol. The molecule has 0 saturated carbocycles. The Labute approximate surface area is 238 Å².